The lowest BCUT2D eigenvalue weighted by Crippen LogP contribution is -2.44. The van der Waals surface area contributed by atoms with E-state index in [1.54, 1.807) is 14.2 Å². The molecule has 0 amide bonds. The highest BCUT2D eigenvalue weighted by molar-refractivity contribution is 14.0. The van der Waals surface area contributed by atoms with E-state index in [1.165, 1.54) is 11.1 Å². The highest BCUT2D eigenvalue weighted by atomic mass is 127. The number of nitrogens with zero attached hydrogens (tertiary/aromatic N) is 2. The lowest BCUT2D eigenvalue weighted by atomic mass is 9.99. The summed E-state index contributed by atoms with van der Waals surface area (Å²) < 4.78 is 10.9. The average Bonchev–Trinajstić information content (AvgIpc) is 2.75. The smallest absolute Gasteiger partial charge is 0.194 e. The summed E-state index contributed by atoms with van der Waals surface area (Å²) in [6.45, 7) is 4.82. The Morgan fingerprint density at radius 3 is 2.43 bits per heavy atom. The summed E-state index contributed by atoms with van der Waals surface area (Å²) in [6.07, 6.45) is 1.00. The monoisotopic (exact) mass is 525 g/mol. The van der Waals surface area contributed by atoms with Crippen LogP contribution >= 0.6 is 24.0 Å². The molecular formula is C23H32IN3O3. The lowest BCUT2D eigenvalue weighted by Gasteiger charge is -2.32. The highest BCUT2D eigenvalue weighted by Crippen LogP contribution is 2.33. The molecule has 0 spiro atoms. The number of aliphatic hydroxyl groups excluding tert-OH is 1. The molecule has 1 atom stereocenters. The number of aliphatic imine (C=N–C) groups is 1. The molecule has 2 aromatic carbocycles. The van der Waals surface area contributed by atoms with E-state index in [-0.39, 0.29) is 24.0 Å². The molecule has 1 unspecified atom stereocenters. The number of aliphatic hydroxyl groups is 1. The number of methoxy groups -OCH3 is 2. The number of fused-ring (bicyclic) bond motifs is 1. The number of guanidine groups is 1. The summed E-state index contributed by atoms with van der Waals surface area (Å²) in [6, 6.07) is 14.1. The third kappa shape index (κ3) is 6.25. The fourth-order valence-corrected chi connectivity index (χ4v) is 3.63. The van der Waals surface area contributed by atoms with Crippen molar-refractivity contribution >= 4 is 29.9 Å². The molecule has 0 radical (unpaired) electrons. The highest BCUT2D eigenvalue weighted by Gasteiger charge is 2.22. The van der Waals surface area contributed by atoms with Crippen molar-refractivity contribution in [2.24, 2.45) is 4.99 Å². The molecule has 2 aromatic rings. The number of benzene rings is 2. The maximum absolute atomic E-state index is 10.4. The van der Waals surface area contributed by atoms with Crippen LogP contribution in [0.5, 0.6) is 11.5 Å². The Morgan fingerprint density at radius 2 is 1.80 bits per heavy atom. The van der Waals surface area contributed by atoms with Crippen molar-refractivity contribution in [3.63, 3.8) is 0 Å². The Labute approximate surface area is 196 Å². The van der Waals surface area contributed by atoms with Crippen LogP contribution in [0, 0.1) is 0 Å². The van der Waals surface area contributed by atoms with Gasteiger partial charge in [0.15, 0.2) is 17.5 Å². The van der Waals surface area contributed by atoms with Crippen LogP contribution < -0.4 is 14.8 Å². The first-order chi connectivity index (χ1) is 14.1. The average molecular weight is 525 g/mol. The van der Waals surface area contributed by atoms with Gasteiger partial charge in [0.1, 0.15) is 0 Å². The van der Waals surface area contributed by atoms with E-state index in [9.17, 15) is 5.11 Å². The molecule has 2 N–H and O–H groups in total. The molecule has 0 aromatic heterocycles. The Bertz CT molecular complexity index is 830. The third-order valence-electron chi connectivity index (χ3n) is 5.12. The first-order valence-corrected chi connectivity index (χ1v) is 10.1. The van der Waals surface area contributed by atoms with Gasteiger partial charge >= 0.3 is 0 Å². The van der Waals surface area contributed by atoms with E-state index < -0.39 is 6.10 Å². The largest absolute Gasteiger partial charge is 0.493 e. The number of nitrogens with one attached hydrogen (secondary N) is 1. The van der Waals surface area contributed by atoms with Gasteiger partial charge in [0.05, 0.1) is 26.9 Å². The fourth-order valence-electron chi connectivity index (χ4n) is 3.63. The maximum Gasteiger partial charge on any atom is 0.194 e. The van der Waals surface area contributed by atoms with Gasteiger partial charge in [-0.15, -0.1) is 24.0 Å². The molecule has 7 heteroatoms. The minimum atomic E-state index is -0.507. The SMILES string of the molecule is CCNC(=NCC(O)Cc1ccccc1)N1CCc2cc(OC)c(OC)cc2C1.I. The number of rotatable bonds is 7. The summed E-state index contributed by atoms with van der Waals surface area (Å²) in [5.74, 6) is 2.35. The molecule has 3 rings (SSSR count). The molecule has 0 aliphatic carbocycles. The van der Waals surface area contributed by atoms with Gasteiger partial charge in [-0.2, -0.15) is 0 Å². The molecular weight excluding hydrogens is 493 g/mol. The lowest BCUT2D eigenvalue weighted by molar-refractivity contribution is 0.183. The fraction of sp³-hybridized carbons (Fsp3) is 0.435. The van der Waals surface area contributed by atoms with Crippen LogP contribution in [-0.4, -0.2) is 55.9 Å². The van der Waals surface area contributed by atoms with Gasteiger partial charge in [-0.25, -0.2) is 0 Å². The van der Waals surface area contributed by atoms with Crippen molar-refractivity contribution < 1.29 is 14.6 Å². The van der Waals surface area contributed by atoms with Gasteiger partial charge < -0.3 is 24.8 Å². The van der Waals surface area contributed by atoms with Crippen molar-refractivity contribution in [3.8, 4) is 11.5 Å². The number of hydrogen-bond acceptors (Lipinski definition) is 4. The van der Waals surface area contributed by atoms with Gasteiger partial charge in [-0.05, 0) is 42.2 Å². The van der Waals surface area contributed by atoms with Crippen molar-refractivity contribution in [1.82, 2.24) is 10.2 Å². The zero-order chi connectivity index (χ0) is 20.6. The minimum Gasteiger partial charge on any atom is -0.493 e. The van der Waals surface area contributed by atoms with E-state index in [0.717, 1.165) is 49.1 Å². The van der Waals surface area contributed by atoms with Gasteiger partial charge in [0.25, 0.3) is 0 Å². The number of hydrogen-bond donors (Lipinski definition) is 2. The second-order valence-electron chi connectivity index (χ2n) is 7.19. The Hall–Kier alpha value is -2.00. The second kappa shape index (κ2) is 12.0. The maximum atomic E-state index is 10.4. The number of ether oxygens (including phenoxy) is 2. The molecule has 30 heavy (non-hydrogen) atoms. The quantitative estimate of drug-likeness (QED) is 0.330. The summed E-state index contributed by atoms with van der Waals surface area (Å²) in [4.78, 5) is 6.94. The summed E-state index contributed by atoms with van der Waals surface area (Å²) in [5, 5.41) is 13.8. The molecule has 0 saturated carbocycles. The van der Waals surface area contributed by atoms with E-state index in [4.69, 9.17) is 14.5 Å². The predicted octanol–water partition coefficient (Wildman–Crippen LogP) is 3.25. The Kier molecular flexibility index (Phi) is 9.71. The van der Waals surface area contributed by atoms with Gasteiger partial charge in [-0.3, -0.25) is 4.99 Å². The summed E-state index contributed by atoms with van der Waals surface area (Å²) >= 11 is 0. The first kappa shape index (κ1) is 24.3. The molecule has 164 valence electrons. The Morgan fingerprint density at radius 1 is 1.13 bits per heavy atom. The van der Waals surface area contributed by atoms with E-state index in [1.807, 2.05) is 36.4 Å². The predicted molar refractivity (Wildman–Crippen MR) is 131 cm³/mol. The van der Waals surface area contributed by atoms with Crippen LogP contribution in [0.4, 0.5) is 0 Å². The zero-order valence-corrected chi connectivity index (χ0v) is 20.3. The van der Waals surface area contributed by atoms with Crippen LogP contribution in [-0.2, 0) is 19.4 Å². The third-order valence-corrected chi connectivity index (χ3v) is 5.12. The van der Waals surface area contributed by atoms with Crippen LogP contribution in [0.2, 0.25) is 0 Å². The van der Waals surface area contributed by atoms with Gasteiger partial charge in [0.2, 0.25) is 0 Å². The topological polar surface area (TPSA) is 66.3 Å². The van der Waals surface area contributed by atoms with Crippen molar-refractivity contribution in [2.75, 3.05) is 33.9 Å². The van der Waals surface area contributed by atoms with Crippen LogP contribution in [0.25, 0.3) is 0 Å². The van der Waals surface area contributed by atoms with Crippen LogP contribution in [0.15, 0.2) is 47.5 Å². The van der Waals surface area contributed by atoms with Crippen molar-refractivity contribution in [3.05, 3.63) is 59.2 Å². The molecule has 0 saturated heterocycles. The van der Waals surface area contributed by atoms with Crippen molar-refractivity contribution in [2.45, 2.75) is 32.4 Å². The second-order valence-corrected chi connectivity index (χ2v) is 7.19. The first-order valence-electron chi connectivity index (χ1n) is 10.1. The molecule has 0 fully saturated rings. The normalized spacial score (nSPS) is 14.4. The summed E-state index contributed by atoms with van der Waals surface area (Å²) in [7, 11) is 3.32. The van der Waals surface area contributed by atoms with Gasteiger partial charge in [-0.1, -0.05) is 30.3 Å². The van der Waals surface area contributed by atoms with E-state index in [0.29, 0.717) is 13.0 Å². The van der Waals surface area contributed by atoms with Gasteiger partial charge in [0, 0.05) is 26.1 Å². The van der Waals surface area contributed by atoms with Crippen LogP contribution in [0.1, 0.15) is 23.6 Å². The minimum absolute atomic E-state index is 0. The molecule has 1 aliphatic heterocycles. The molecule has 6 nitrogen and oxygen atoms in total. The van der Waals surface area contributed by atoms with E-state index >= 15 is 0 Å². The standard InChI is InChI=1S/C23H31N3O3.HI/c1-4-24-23(25-15-20(27)12-17-8-6-5-7-9-17)26-11-10-18-13-21(28-2)22(29-3)14-19(18)16-26;/h5-9,13-14,20,27H,4,10-12,15-16H2,1-3H3,(H,24,25);1H. The molecule has 1 heterocycles. The van der Waals surface area contributed by atoms with E-state index in [2.05, 4.69) is 23.2 Å². The molecule has 1 aliphatic rings. The van der Waals surface area contributed by atoms with Crippen molar-refractivity contribution in [1.29, 1.82) is 0 Å². The molecule has 0 bridgehead atoms. The zero-order valence-electron chi connectivity index (χ0n) is 17.9. The van der Waals surface area contributed by atoms with Crippen LogP contribution in [0.3, 0.4) is 0 Å². The Balaban J connectivity index is 0.00000320. The summed E-state index contributed by atoms with van der Waals surface area (Å²) in [5.41, 5.74) is 3.61. The number of halogens is 1.